The Morgan fingerprint density at radius 2 is 2.16 bits per heavy atom. The zero-order valence-electron chi connectivity index (χ0n) is 18.6. The lowest BCUT2D eigenvalue weighted by Crippen LogP contribution is -2.38. The monoisotopic (exact) mass is 544 g/mol. The van der Waals surface area contributed by atoms with E-state index in [0.29, 0.717) is 26.1 Å². The third kappa shape index (κ3) is 9.33. The van der Waals surface area contributed by atoms with Crippen LogP contribution in [0.2, 0.25) is 0 Å². The van der Waals surface area contributed by atoms with Crippen LogP contribution in [0.25, 0.3) is 0 Å². The first-order valence-electron chi connectivity index (χ1n) is 11.3. The molecule has 1 amide bonds. The summed E-state index contributed by atoms with van der Waals surface area (Å²) in [6, 6.07) is 8.37. The van der Waals surface area contributed by atoms with Crippen molar-refractivity contribution in [3.63, 3.8) is 0 Å². The van der Waals surface area contributed by atoms with Gasteiger partial charge in [-0.1, -0.05) is 24.3 Å². The van der Waals surface area contributed by atoms with E-state index in [1.165, 1.54) is 5.56 Å². The fraction of sp³-hybridized carbons (Fsp3) is 0.652. The maximum Gasteiger partial charge on any atom is 0.222 e. The molecule has 0 saturated carbocycles. The molecule has 2 heterocycles. The topological polar surface area (TPSA) is 75.2 Å². The SMILES string of the molecule is CCNC(=NCc1cccc(CN2CCCC2=O)c1)NCCCOCC1CCCO1.I. The summed E-state index contributed by atoms with van der Waals surface area (Å²) in [4.78, 5) is 18.5. The van der Waals surface area contributed by atoms with E-state index in [9.17, 15) is 4.79 Å². The van der Waals surface area contributed by atoms with Gasteiger partial charge in [-0.25, -0.2) is 4.99 Å². The van der Waals surface area contributed by atoms with Gasteiger partial charge in [-0.2, -0.15) is 0 Å². The lowest BCUT2D eigenvalue weighted by molar-refractivity contribution is -0.128. The van der Waals surface area contributed by atoms with Crippen molar-refractivity contribution >= 4 is 35.8 Å². The van der Waals surface area contributed by atoms with Crippen LogP contribution in [0.15, 0.2) is 29.3 Å². The first-order chi connectivity index (χ1) is 14.7. The molecule has 2 aliphatic rings. The maximum atomic E-state index is 11.9. The average Bonchev–Trinajstić information content (AvgIpc) is 3.41. The van der Waals surface area contributed by atoms with Gasteiger partial charge in [0.1, 0.15) is 0 Å². The Hall–Kier alpha value is -1.39. The van der Waals surface area contributed by atoms with Gasteiger partial charge in [0.05, 0.1) is 19.3 Å². The summed E-state index contributed by atoms with van der Waals surface area (Å²) in [5.41, 5.74) is 2.32. The molecule has 1 aromatic rings. The zero-order chi connectivity index (χ0) is 21.0. The van der Waals surface area contributed by atoms with E-state index < -0.39 is 0 Å². The van der Waals surface area contributed by atoms with Gasteiger partial charge in [-0.15, -0.1) is 24.0 Å². The second-order valence-corrected chi connectivity index (χ2v) is 7.92. The highest BCUT2D eigenvalue weighted by atomic mass is 127. The van der Waals surface area contributed by atoms with Crippen LogP contribution < -0.4 is 10.6 Å². The highest BCUT2D eigenvalue weighted by Gasteiger charge is 2.20. The van der Waals surface area contributed by atoms with E-state index in [0.717, 1.165) is 70.1 Å². The van der Waals surface area contributed by atoms with Crippen LogP contribution in [0.3, 0.4) is 0 Å². The third-order valence-electron chi connectivity index (χ3n) is 5.39. The quantitative estimate of drug-likeness (QED) is 0.194. The zero-order valence-corrected chi connectivity index (χ0v) is 20.9. The van der Waals surface area contributed by atoms with Crippen molar-refractivity contribution < 1.29 is 14.3 Å². The third-order valence-corrected chi connectivity index (χ3v) is 5.39. The minimum atomic E-state index is 0. The van der Waals surface area contributed by atoms with Gasteiger partial charge in [0.2, 0.25) is 5.91 Å². The first-order valence-corrected chi connectivity index (χ1v) is 11.3. The standard InChI is InChI=1S/C23H36N4O3.HI/c1-2-24-23(25-11-6-13-29-18-21-9-5-14-30-21)26-16-19-7-3-8-20(15-19)17-27-12-4-10-22(27)28;/h3,7-8,15,21H,2,4-6,9-14,16-18H2,1H3,(H2,24,25,26);1H. The van der Waals surface area contributed by atoms with E-state index in [1.807, 2.05) is 11.0 Å². The number of rotatable bonds is 11. The second kappa shape index (κ2) is 14.6. The van der Waals surface area contributed by atoms with Crippen molar-refractivity contribution in [2.75, 3.05) is 39.5 Å². The molecule has 1 atom stereocenters. The number of likely N-dealkylation sites (tertiary alicyclic amines) is 1. The lowest BCUT2D eigenvalue weighted by Gasteiger charge is -2.16. The van der Waals surface area contributed by atoms with E-state index >= 15 is 0 Å². The molecule has 0 bridgehead atoms. The molecular formula is C23H37IN4O3. The van der Waals surface area contributed by atoms with Crippen molar-refractivity contribution in [3.8, 4) is 0 Å². The Morgan fingerprint density at radius 1 is 1.29 bits per heavy atom. The van der Waals surface area contributed by atoms with Gasteiger partial charge in [0.15, 0.2) is 5.96 Å². The number of benzene rings is 1. The van der Waals surface area contributed by atoms with Crippen LogP contribution in [0.1, 0.15) is 50.2 Å². The van der Waals surface area contributed by atoms with Gasteiger partial charge in [-0.05, 0) is 43.7 Å². The number of guanidine groups is 1. The molecule has 0 aromatic heterocycles. The number of carbonyl (C=O) groups excluding carboxylic acids is 1. The molecule has 1 aromatic carbocycles. The van der Waals surface area contributed by atoms with Crippen molar-refractivity contribution in [1.82, 2.24) is 15.5 Å². The van der Waals surface area contributed by atoms with E-state index in [2.05, 4.69) is 35.8 Å². The van der Waals surface area contributed by atoms with Gasteiger partial charge < -0.3 is 25.0 Å². The molecule has 3 rings (SSSR count). The van der Waals surface area contributed by atoms with E-state index in [4.69, 9.17) is 14.5 Å². The summed E-state index contributed by atoms with van der Waals surface area (Å²) in [7, 11) is 0. The number of nitrogens with zero attached hydrogens (tertiary/aromatic N) is 2. The molecule has 174 valence electrons. The fourth-order valence-corrected chi connectivity index (χ4v) is 3.80. The van der Waals surface area contributed by atoms with Gasteiger partial charge in [-0.3, -0.25) is 4.79 Å². The van der Waals surface area contributed by atoms with Crippen LogP contribution in [-0.2, 0) is 27.4 Å². The molecular weight excluding hydrogens is 507 g/mol. The molecule has 8 heteroatoms. The summed E-state index contributed by atoms with van der Waals surface area (Å²) in [5.74, 6) is 1.08. The molecule has 0 aliphatic carbocycles. The summed E-state index contributed by atoms with van der Waals surface area (Å²) in [6.45, 7) is 8.16. The van der Waals surface area contributed by atoms with Crippen molar-refractivity contribution in [2.24, 2.45) is 4.99 Å². The Morgan fingerprint density at radius 3 is 2.90 bits per heavy atom. The highest BCUT2D eigenvalue weighted by molar-refractivity contribution is 14.0. The smallest absolute Gasteiger partial charge is 0.222 e. The van der Waals surface area contributed by atoms with E-state index in [1.54, 1.807) is 0 Å². The molecule has 2 fully saturated rings. The molecule has 2 saturated heterocycles. The minimum absolute atomic E-state index is 0. The second-order valence-electron chi connectivity index (χ2n) is 7.92. The molecule has 1 unspecified atom stereocenters. The summed E-state index contributed by atoms with van der Waals surface area (Å²) in [6.07, 6.45) is 5.14. The predicted octanol–water partition coefficient (Wildman–Crippen LogP) is 3.07. The number of nitrogens with one attached hydrogen (secondary N) is 2. The van der Waals surface area contributed by atoms with Crippen LogP contribution in [0, 0.1) is 0 Å². The Labute approximate surface area is 203 Å². The average molecular weight is 544 g/mol. The fourth-order valence-electron chi connectivity index (χ4n) is 3.80. The summed E-state index contributed by atoms with van der Waals surface area (Å²) in [5, 5.41) is 6.67. The Balaban J connectivity index is 0.00000341. The first kappa shape index (κ1) is 25.9. The van der Waals surface area contributed by atoms with Crippen molar-refractivity contribution in [2.45, 2.75) is 58.2 Å². The summed E-state index contributed by atoms with van der Waals surface area (Å²) >= 11 is 0. The minimum Gasteiger partial charge on any atom is -0.379 e. The molecule has 2 N–H and O–H groups in total. The van der Waals surface area contributed by atoms with Gasteiger partial charge in [0.25, 0.3) is 0 Å². The molecule has 0 radical (unpaired) electrons. The van der Waals surface area contributed by atoms with Crippen LogP contribution >= 0.6 is 24.0 Å². The summed E-state index contributed by atoms with van der Waals surface area (Å²) < 4.78 is 11.3. The highest BCUT2D eigenvalue weighted by Crippen LogP contribution is 2.15. The molecule has 2 aliphatic heterocycles. The maximum absolute atomic E-state index is 11.9. The van der Waals surface area contributed by atoms with Crippen molar-refractivity contribution in [1.29, 1.82) is 0 Å². The molecule has 0 spiro atoms. The van der Waals surface area contributed by atoms with E-state index in [-0.39, 0.29) is 36.0 Å². The number of halogens is 1. The van der Waals surface area contributed by atoms with Crippen molar-refractivity contribution in [3.05, 3.63) is 35.4 Å². The number of hydrogen-bond donors (Lipinski definition) is 2. The van der Waals surface area contributed by atoms with Gasteiger partial charge in [0, 0.05) is 45.8 Å². The lowest BCUT2D eigenvalue weighted by atomic mass is 10.1. The molecule has 7 nitrogen and oxygen atoms in total. The number of hydrogen-bond acceptors (Lipinski definition) is 4. The predicted molar refractivity (Wildman–Crippen MR) is 134 cm³/mol. The van der Waals surface area contributed by atoms with Crippen LogP contribution in [0.5, 0.6) is 0 Å². The Bertz CT molecular complexity index is 695. The largest absolute Gasteiger partial charge is 0.379 e. The van der Waals surface area contributed by atoms with Crippen LogP contribution in [-0.4, -0.2) is 62.3 Å². The normalized spacial score (nSPS) is 18.9. The van der Waals surface area contributed by atoms with Gasteiger partial charge >= 0.3 is 0 Å². The number of carbonyl (C=O) groups is 1. The number of aliphatic imine (C=N–C) groups is 1. The number of amides is 1. The Kier molecular flexibility index (Phi) is 12.2. The van der Waals surface area contributed by atoms with Crippen LogP contribution in [0.4, 0.5) is 0 Å². The molecule has 31 heavy (non-hydrogen) atoms. The number of ether oxygens (including phenoxy) is 2.